The van der Waals surface area contributed by atoms with Gasteiger partial charge in [0.2, 0.25) is 0 Å². The van der Waals surface area contributed by atoms with Crippen LogP contribution in [0.2, 0.25) is 0 Å². The van der Waals surface area contributed by atoms with Crippen LogP contribution in [0, 0.1) is 25.7 Å². The lowest BCUT2D eigenvalue weighted by Crippen LogP contribution is -1.92. The van der Waals surface area contributed by atoms with E-state index in [9.17, 15) is 4.79 Å². The number of carboxylic acids is 1. The molecule has 0 spiro atoms. The number of carboxylic acid groups (broad SMARTS) is 1. The Labute approximate surface area is 97.4 Å². The summed E-state index contributed by atoms with van der Waals surface area (Å²) >= 11 is 3.40. The van der Waals surface area contributed by atoms with Gasteiger partial charge >= 0.3 is 5.97 Å². The van der Waals surface area contributed by atoms with Crippen LogP contribution in [0.5, 0.6) is 0 Å². The van der Waals surface area contributed by atoms with Crippen molar-refractivity contribution in [2.45, 2.75) is 20.3 Å². The van der Waals surface area contributed by atoms with Crippen molar-refractivity contribution < 1.29 is 9.90 Å². The molecule has 0 aliphatic rings. The van der Waals surface area contributed by atoms with Crippen LogP contribution in [-0.4, -0.2) is 11.1 Å². The fraction of sp³-hybridized carbons (Fsp3) is 0.250. The second-order valence-electron chi connectivity index (χ2n) is 3.29. The second-order valence-corrected chi connectivity index (χ2v) is 4.20. The molecule has 0 radical (unpaired) electrons. The van der Waals surface area contributed by atoms with E-state index in [1.807, 2.05) is 26.0 Å². The molecule has 1 aromatic rings. The van der Waals surface area contributed by atoms with Gasteiger partial charge in [0.25, 0.3) is 0 Å². The Hall–Kier alpha value is -1.27. The normalized spacial score (nSPS) is 9.27. The summed E-state index contributed by atoms with van der Waals surface area (Å²) in [6.07, 6.45) is -0.116. The number of carbonyl (C=O) groups is 1. The summed E-state index contributed by atoms with van der Waals surface area (Å²) in [6, 6.07) is 3.94. The van der Waals surface area contributed by atoms with Crippen LogP contribution >= 0.6 is 15.9 Å². The summed E-state index contributed by atoms with van der Waals surface area (Å²) < 4.78 is 1.02. The lowest BCUT2D eigenvalue weighted by Gasteiger charge is -2.03. The van der Waals surface area contributed by atoms with E-state index < -0.39 is 5.97 Å². The molecule has 15 heavy (non-hydrogen) atoms. The maximum atomic E-state index is 10.3. The number of aryl methyl sites for hydroxylation is 2. The van der Waals surface area contributed by atoms with Crippen LogP contribution in [-0.2, 0) is 4.79 Å². The number of aliphatic carboxylic acids is 1. The van der Waals surface area contributed by atoms with Crippen LogP contribution in [0.4, 0.5) is 0 Å². The van der Waals surface area contributed by atoms with Gasteiger partial charge in [-0.3, -0.25) is 4.79 Å². The third-order valence-corrected chi connectivity index (χ3v) is 2.41. The Balaban J connectivity index is 3.03. The highest BCUT2D eigenvalue weighted by molar-refractivity contribution is 9.10. The van der Waals surface area contributed by atoms with Crippen molar-refractivity contribution in [1.29, 1.82) is 0 Å². The summed E-state index contributed by atoms with van der Waals surface area (Å²) in [5.41, 5.74) is 3.03. The van der Waals surface area contributed by atoms with Crippen LogP contribution < -0.4 is 0 Å². The molecule has 3 heteroatoms. The van der Waals surface area contributed by atoms with Gasteiger partial charge in [-0.05, 0) is 37.1 Å². The third-order valence-electron chi connectivity index (χ3n) is 1.95. The van der Waals surface area contributed by atoms with Crippen LogP contribution in [0.15, 0.2) is 16.6 Å². The third kappa shape index (κ3) is 3.41. The van der Waals surface area contributed by atoms with Gasteiger partial charge < -0.3 is 5.11 Å². The minimum absolute atomic E-state index is 0.116. The average Bonchev–Trinajstić information content (AvgIpc) is 2.08. The van der Waals surface area contributed by atoms with Crippen LogP contribution in [0.25, 0.3) is 0 Å². The van der Waals surface area contributed by atoms with E-state index in [0.29, 0.717) is 0 Å². The molecule has 0 aliphatic carbocycles. The van der Waals surface area contributed by atoms with E-state index in [2.05, 4.69) is 27.8 Å². The first-order valence-electron chi connectivity index (χ1n) is 4.48. The van der Waals surface area contributed by atoms with Gasteiger partial charge in [-0.2, -0.15) is 0 Å². The molecule has 0 unspecified atom stereocenters. The summed E-state index contributed by atoms with van der Waals surface area (Å²) in [5, 5.41) is 8.46. The first-order valence-corrected chi connectivity index (χ1v) is 5.27. The largest absolute Gasteiger partial charge is 0.481 e. The Bertz CT molecular complexity index is 429. The Morgan fingerprint density at radius 2 is 1.93 bits per heavy atom. The van der Waals surface area contributed by atoms with Crippen molar-refractivity contribution >= 4 is 21.9 Å². The van der Waals surface area contributed by atoms with E-state index in [4.69, 9.17) is 5.11 Å². The monoisotopic (exact) mass is 266 g/mol. The maximum absolute atomic E-state index is 10.3. The SMILES string of the molecule is Cc1cc(Br)cc(C)c1C#CCC(=O)O. The van der Waals surface area contributed by atoms with Crippen molar-refractivity contribution in [3.63, 3.8) is 0 Å². The zero-order chi connectivity index (χ0) is 11.4. The maximum Gasteiger partial charge on any atom is 0.315 e. The Morgan fingerprint density at radius 3 is 2.40 bits per heavy atom. The number of hydrogen-bond acceptors (Lipinski definition) is 1. The highest BCUT2D eigenvalue weighted by Crippen LogP contribution is 2.19. The highest BCUT2D eigenvalue weighted by atomic mass is 79.9. The van der Waals surface area contributed by atoms with E-state index >= 15 is 0 Å². The molecule has 0 heterocycles. The minimum atomic E-state index is -0.894. The lowest BCUT2D eigenvalue weighted by molar-refractivity contribution is -0.135. The Kier molecular flexibility index (Phi) is 3.93. The molecule has 0 atom stereocenters. The molecule has 0 saturated carbocycles. The first-order chi connectivity index (χ1) is 7.00. The molecule has 1 N–H and O–H groups in total. The number of rotatable bonds is 1. The van der Waals surface area contributed by atoms with Gasteiger partial charge in [-0.15, -0.1) is 0 Å². The molecule has 0 fully saturated rings. The standard InChI is InChI=1S/C12H11BrO2/c1-8-6-10(13)7-9(2)11(8)4-3-5-12(14)15/h6-7H,5H2,1-2H3,(H,14,15). The fourth-order valence-electron chi connectivity index (χ4n) is 1.32. The number of benzene rings is 1. The average molecular weight is 267 g/mol. The molecule has 0 bridgehead atoms. The van der Waals surface area contributed by atoms with Crippen molar-refractivity contribution in [1.82, 2.24) is 0 Å². The van der Waals surface area contributed by atoms with Crippen LogP contribution in [0.3, 0.4) is 0 Å². The van der Waals surface area contributed by atoms with Crippen molar-refractivity contribution in [2.24, 2.45) is 0 Å². The van der Waals surface area contributed by atoms with Crippen molar-refractivity contribution in [3.8, 4) is 11.8 Å². The quantitative estimate of drug-likeness (QED) is 0.794. The Morgan fingerprint density at radius 1 is 1.40 bits per heavy atom. The van der Waals surface area contributed by atoms with E-state index in [1.54, 1.807) is 0 Å². The van der Waals surface area contributed by atoms with Crippen LogP contribution in [0.1, 0.15) is 23.1 Å². The molecule has 0 saturated heterocycles. The van der Waals surface area contributed by atoms with E-state index in [0.717, 1.165) is 21.2 Å². The highest BCUT2D eigenvalue weighted by Gasteiger charge is 2.01. The van der Waals surface area contributed by atoms with Gasteiger partial charge in [-0.1, -0.05) is 27.8 Å². The minimum Gasteiger partial charge on any atom is -0.481 e. The van der Waals surface area contributed by atoms with E-state index in [-0.39, 0.29) is 6.42 Å². The summed E-state index contributed by atoms with van der Waals surface area (Å²) in [7, 11) is 0. The second kappa shape index (κ2) is 4.99. The molecule has 78 valence electrons. The van der Waals surface area contributed by atoms with Gasteiger partial charge in [0.15, 0.2) is 0 Å². The number of hydrogen-bond donors (Lipinski definition) is 1. The van der Waals surface area contributed by atoms with Crippen molar-refractivity contribution in [2.75, 3.05) is 0 Å². The number of halogens is 1. The summed E-state index contributed by atoms with van der Waals surface area (Å²) in [5.74, 6) is 4.63. The van der Waals surface area contributed by atoms with Gasteiger partial charge in [0, 0.05) is 10.0 Å². The van der Waals surface area contributed by atoms with Gasteiger partial charge in [0.1, 0.15) is 6.42 Å². The van der Waals surface area contributed by atoms with E-state index in [1.165, 1.54) is 0 Å². The smallest absolute Gasteiger partial charge is 0.315 e. The summed E-state index contributed by atoms with van der Waals surface area (Å²) in [6.45, 7) is 3.92. The zero-order valence-electron chi connectivity index (χ0n) is 8.60. The molecule has 0 aromatic heterocycles. The molecule has 1 rings (SSSR count). The molecule has 0 amide bonds. The topological polar surface area (TPSA) is 37.3 Å². The zero-order valence-corrected chi connectivity index (χ0v) is 10.2. The molecular weight excluding hydrogens is 256 g/mol. The fourth-order valence-corrected chi connectivity index (χ4v) is 2.00. The summed E-state index contributed by atoms with van der Waals surface area (Å²) in [4.78, 5) is 10.3. The molecule has 1 aromatic carbocycles. The lowest BCUT2D eigenvalue weighted by atomic mass is 10.0. The molecule has 2 nitrogen and oxygen atoms in total. The predicted octanol–water partition coefficient (Wildman–Crippen LogP) is 2.89. The van der Waals surface area contributed by atoms with Gasteiger partial charge in [0.05, 0.1) is 0 Å². The molecular formula is C12H11BrO2. The first kappa shape index (κ1) is 11.8. The van der Waals surface area contributed by atoms with Crippen molar-refractivity contribution in [3.05, 3.63) is 33.3 Å². The van der Waals surface area contributed by atoms with Gasteiger partial charge in [-0.25, -0.2) is 0 Å². The predicted molar refractivity (Wildman–Crippen MR) is 62.7 cm³/mol. The molecule has 0 aliphatic heterocycles.